The number of hydrogen-bond donors (Lipinski definition) is 1. The number of quaternary nitrogens is 1. The highest BCUT2D eigenvalue weighted by Crippen LogP contribution is 2.12. The van der Waals surface area contributed by atoms with Gasteiger partial charge in [-0.2, -0.15) is 0 Å². The van der Waals surface area contributed by atoms with Crippen molar-refractivity contribution < 1.29 is 5.90 Å². The monoisotopic (exact) mass is 231 g/mol. The van der Waals surface area contributed by atoms with E-state index in [9.17, 15) is 0 Å². The summed E-state index contributed by atoms with van der Waals surface area (Å²) < 4.78 is 0. The molecule has 0 aromatic carbocycles. The maximum atomic E-state index is 8.00. The maximum absolute atomic E-state index is 8.00. The first-order chi connectivity index (χ1) is 7.77. The van der Waals surface area contributed by atoms with Crippen molar-refractivity contribution in [3.05, 3.63) is 5.21 Å². The fraction of sp³-hybridized carbons (Fsp3) is 1.00. The van der Waals surface area contributed by atoms with Crippen LogP contribution in [0.4, 0.5) is 0 Å². The summed E-state index contributed by atoms with van der Waals surface area (Å²) in [6, 6.07) is 0. The van der Waals surface area contributed by atoms with Crippen molar-refractivity contribution in [2.75, 3.05) is 0 Å². The maximum Gasteiger partial charge on any atom is -0.0471 e. The largest absolute Gasteiger partial charge is 0.637 e. The lowest BCUT2D eigenvalue weighted by Crippen LogP contribution is -2.37. The normalized spacial score (nSPS) is 10.1. The van der Waals surface area contributed by atoms with Crippen LogP contribution in [0.25, 0.3) is 0 Å². The molecule has 0 heterocycles. The Labute approximate surface area is 103 Å². The highest BCUT2D eigenvalue weighted by atomic mass is 16.4. The minimum absolute atomic E-state index is 0.902. The van der Waals surface area contributed by atoms with Gasteiger partial charge in [0.25, 0.3) is 0 Å². The highest BCUT2D eigenvalue weighted by molar-refractivity contribution is 4.49. The Bertz CT molecular complexity index is 105. The van der Waals surface area contributed by atoms with Gasteiger partial charge in [0.15, 0.2) is 0 Å². The minimum Gasteiger partial charge on any atom is -0.637 e. The van der Waals surface area contributed by atoms with Crippen molar-refractivity contribution >= 4 is 0 Å². The zero-order valence-electron chi connectivity index (χ0n) is 11.8. The summed E-state index contributed by atoms with van der Waals surface area (Å²) in [6.07, 6.45) is 14.5. The Hall–Kier alpha value is -0.0800. The summed E-state index contributed by atoms with van der Waals surface area (Å²) in [4.78, 5) is 0. The average Bonchev–Trinajstić information content (AvgIpc) is 2.29. The number of rotatable bonds is 10. The van der Waals surface area contributed by atoms with Gasteiger partial charge in [0.05, 0.1) is 0 Å². The summed E-state index contributed by atoms with van der Waals surface area (Å²) in [5, 5.41) is 8.00. The Balaban J connectivity index is 0. The molecule has 2 heteroatoms. The van der Waals surface area contributed by atoms with Crippen LogP contribution in [0.15, 0.2) is 0 Å². The van der Waals surface area contributed by atoms with E-state index in [0.29, 0.717) is 0 Å². The van der Waals surface area contributed by atoms with Crippen LogP contribution in [0.5, 0.6) is 0 Å². The second-order valence-corrected chi connectivity index (χ2v) is 5.01. The second-order valence-electron chi connectivity index (χ2n) is 5.01. The smallest absolute Gasteiger partial charge is 0.0471 e. The van der Waals surface area contributed by atoms with Gasteiger partial charge in [-0.15, -0.1) is 0 Å². The van der Waals surface area contributed by atoms with Crippen LogP contribution < -0.4 is 5.90 Å². The zero-order valence-corrected chi connectivity index (χ0v) is 11.8. The highest BCUT2D eigenvalue weighted by Gasteiger charge is 1.94. The lowest BCUT2D eigenvalue weighted by atomic mass is 10.0. The Morgan fingerprint density at radius 3 is 1.50 bits per heavy atom. The van der Waals surface area contributed by atoms with E-state index in [1.807, 2.05) is 5.90 Å². The van der Waals surface area contributed by atoms with Crippen molar-refractivity contribution in [2.45, 2.75) is 85.0 Å². The lowest BCUT2D eigenvalue weighted by Gasteiger charge is -2.04. The molecule has 2 nitrogen and oxygen atoms in total. The third kappa shape index (κ3) is 19.5. The van der Waals surface area contributed by atoms with E-state index < -0.39 is 0 Å². The fourth-order valence-electron chi connectivity index (χ4n) is 1.86. The molecule has 3 N–H and O–H groups in total. The van der Waals surface area contributed by atoms with Crippen molar-refractivity contribution in [3.8, 4) is 0 Å². The predicted octanol–water partition coefficient (Wildman–Crippen LogP) is 4.29. The van der Waals surface area contributed by atoms with Crippen molar-refractivity contribution in [1.82, 2.24) is 0 Å². The van der Waals surface area contributed by atoms with Crippen molar-refractivity contribution in [2.24, 2.45) is 5.92 Å². The second kappa shape index (κ2) is 17.3. The SMILES string of the molecule is CCCCCCCCCCCC(C)C.[NH3+][O-]. The van der Waals surface area contributed by atoms with Gasteiger partial charge in [0.2, 0.25) is 0 Å². The molecule has 0 spiro atoms. The lowest BCUT2D eigenvalue weighted by molar-refractivity contribution is -0.275. The van der Waals surface area contributed by atoms with Crippen molar-refractivity contribution in [1.29, 1.82) is 0 Å². The molecular weight excluding hydrogens is 198 g/mol. The molecule has 0 aliphatic rings. The Morgan fingerprint density at radius 1 is 0.750 bits per heavy atom. The van der Waals surface area contributed by atoms with E-state index >= 15 is 0 Å². The van der Waals surface area contributed by atoms with Crippen molar-refractivity contribution in [3.63, 3.8) is 0 Å². The summed E-state index contributed by atoms with van der Waals surface area (Å²) in [7, 11) is 0. The average molecular weight is 231 g/mol. The van der Waals surface area contributed by atoms with Crippen LogP contribution in [0.1, 0.15) is 85.0 Å². The molecular formula is C14H33NO. The van der Waals surface area contributed by atoms with E-state index in [4.69, 9.17) is 5.21 Å². The van der Waals surface area contributed by atoms with E-state index in [1.165, 1.54) is 64.2 Å². The minimum atomic E-state index is 0.902. The molecule has 0 saturated heterocycles. The molecule has 0 bridgehead atoms. The molecule has 0 unspecified atom stereocenters. The van der Waals surface area contributed by atoms with E-state index in [1.54, 1.807) is 0 Å². The van der Waals surface area contributed by atoms with Crippen LogP contribution in [0, 0.1) is 11.1 Å². The van der Waals surface area contributed by atoms with E-state index in [2.05, 4.69) is 20.8 Å². The van der Waals surface area contributed by atoms with Gasteiger partial charge in [-0.1, -0.05) is 85.0 Å². The van der Waals surface area contributed by atoms with Crippen LogP contribution in [0.3, 0.4) is 0 Å². The van der Waals surface area contributed by atoms with Crippen LogP contribution in [-0.4, -0.2) is 0 Å². The first-order valence-corrected chi connectivity index (χ1v) is 7.06. The third-order valence-corrected chi connectivity index (χ3v) is 2.89. The molecule has 0 radical (unpaired) electrons. The van der Waals surface area contributed by atoms with Gasteiger partial charge in [0.1, 0.15) is 0 Å². The molecule has 0 amide bonds. The van der Waals surface area contributed by atoms with Gasteiger partial charge in [0, 0.05) is 0 Å². The predicted molar refractivity (Wildman–Crippen MR) is 72.9 cm³/mol. The molecule has 16 heavy (non-hydrogen) atoms. The molecule has 0 aromatic rings. The van der Waals surface area contributed by atoms with E-state index in [-0.39, 0.29) is 0 Å². The number of hydrogen-bond acceptors (Lipinski definition) is 1. The van der Waals surface area contributed by atoms with Crippen LogP contribution >= 0.6 is 0 Å². The molecule has 0 aliphatic carbocycles. The molecule has 100 valence electrons. The van der Waals surface area contributed by atoms with Gasteiger partial charge in [-0.25, -0.2) is 0 Å². The topological polar surface area (TPSA) is 50.7 Å². The Kier molecular flexibility index (Phi) is 19.8. The molecule has 0 aliphatic heterocycles. The van der Waals surface area contributed by atoms with Gasteiger partial charge in [-0.05, 0) is 5.92 Å². The van der Waals surface area contributed by atoms with Crippen LogP contribution in [0.2, 0.25) is 0 Å². The quantitative estimate of drug-likeness (QED) is 0.442. The van der Waals surface area contributed by atoms with E-state index in [0.717, 1.165) is 5.92 Å². The molecule has 0 saturated carbocycles. The third-order valence-electron chi connectivity index (χ3n) is 2.89. The first kappa shape index (κ1) is 18.3. The summed E-state index contributed by atoms with van der Waals surface area (Å²) in [6.45, 7) is 6.93. The zero-order chi connectivity index (χ0) is 12.6. The molecule has 0 atom stereocenters. The summed E-state index contributed by atoms with van der Waals surface area (Å²) in [5.74, 6) is 2.90. The standard InChI is InChI=1S/C14H30.H3NO/c1-4-5-6-7-8-9-10-11-12-13-14(2)3;1-2/h14H,4-13H2,1-3H3;1H3. The first-order valence-electron chi connectivity index (χ1n) is 7.06. The molecule has 0 fully saturated rings. The summed E-state index contributed by atoms with van der Waals surface area (Å²) >= 11 is 0. The molecule has 0 aromatic heterocycles. The number of unbranched alkanes of at least 4 members (excludes halogenated alkanes) is 8. The van der Waals surface area contributed by atoms with Gasteiger partial charge < -0.3 is 11.1 Å². The Morgan fingerprint density at radius 2 is 1.12 bits per heavy atom. The van der Waals surface area contributed by atoms with Crippen LogP contribution in [-0.2, 0) is 0 Å². The van der Waals surface area contributed by atoms with Gasteiger partial charge in [-0.3, -0.25) is 0 Å². The fourth-order valence-corrected chi connectivity index (χ4v) is 1.86. The summed E-state index contributed by atoms with van der Waals surface area (Å²) in [5.41, 5.74) is 0. The van der Waals surface area contributed by atoms with Gasteiger partial charge >= 0.3 is 0 Å². The molecule has 0 rings (SSSR count).